The summed E-state index contributed by atoms with van der Waals surface area (Å²) in [6, 6.07) is 14.6. The molecule has 164 valence electrons. The maximum atomic E-state index is 12.8. The first-order chi connectivity index (χ1) is 15.3. The second-order valence-corrected chi connectivity index (χ2v) is 7.74. The van der Waals surface area contributed by atoms with Gasteiger partial charge in [-0.3, -0.25) is 19.7 Å². The molecule has 0 unspecified atom stereocenters. The Morgan fingerprint density at radius 2 is 1.78 bits per heavy atom. The van der Waals surface area contributed by atoms with Crippen molar-refractivity contribution in [2.75, 3.05) is 17.7 Å². The molecule has 3 aromatic rings. The molecule has 0 aliphatic heterocycles. The number of carbonyl (C=O) groups excluding carboxylic acids is 3. The molecule has 0 aliphatic rings. The van der Waals surface area contributed by atoms with E-state index in [4.69, 9.17) is 4.74 Å². The molecule has 0 radical (unpaired) electrons. The Bertz CT molecular complexity index is 1190. The molecule has 9 nitrogen and oxygen atoms in total. The lowest BCUT2D eigenvalue weighted by Crippen LogP contribution is -2.16. The number of nitrogens with zero attached hydrogens (tertiary/aromatic N) is 1. The quantitative estimate of drug-likeness (QED) is 0.314. The Balaban J connectivity index is 1.87. The average molecular weight is 453 g/mol. The molecular formula is C22H19N3O6S. The first-order valence-corrected chi connectivity index (χ1v) is 10.2. The number of anilines is 2. The van der Waals surface area contributed by atoms with Crippen LogP contribution in [0.5, 0.6) is 0 Å². The van der Waals surface area contributed by atoms with Gasteiger partial charge in [0, 0.05) is 17.8 Å². The molecule has 32 heavy (non-hydrogen) atoms. The van der Waals surface area contributed by atoms with Crippen molar-refractivity contribution < 1.29 is 24.0 Å². The number of methoxy groups -OCH3 is 1. The largest absolute Gasteiger partial charge is 0.465 e. The maximum absolute atomic E-state index is 12.8. The van der Waals surface area contributed by atoms with E-state index in [0.29, 0.717) is 5.56 Å². The first kappa shape index (κ1) is 22.6. The third-order valence-corrected chi connectivity index (χ3v) is 5.72. The smallest absolute Gasteiger partial charge is 0.341 e. The molecule has 1 heterocycles. The van der Waals surface area contributed by atoms with Crippen molar-refractivity contribution in [3.63, 3.8) is 0 Å². The van der Waals surface area contributed by atoms with Crippen LogP contribution in [0.15, 0.2) is 54.6 Å². The summed E-state index contributed by atoms with van der Waals surface area (Å²) in [6.07, 6.45) is 0.0909. The van der Waals surface area contributed by atoms with Crippen LogP contribution in [0.3, 0.4) is 0 Å². The van der Waals surface area contributed by atoms with Crippen molar-refractivity contribution in [2.24, 2.45) is 0 Å². The summed E-state index contributed by atoms with van der Waals surface area (Å²) in [5.74, 6) is -1.61. The number of nitrogens with one attached hydrogen (secondary N) is 2. The highest BCUT2D eigenvalue weighted by atomic mass is 32.1. The lowest BCUT2D eigenvalue weighted by Gasteiger charge is -2.06. The third-order valence-electron chi connectivity index (χ3n) is 4.52. The number of nitro benzene ring substituents is 1. The number of nitro groups is 1. The molecule has 0 spiro atoms. The summed E-state index contributed by atoms with van der Waals surface area (Å²) in [5, 5.41) is 16.4. The van der Waals surface area contributed by atoms with Crippen molar-refractivity contribution in [3.05, 3.63) is 86.3 Å². The van der Waals surface area contributed by atoms with E-state index < -0.39 is 16.8 Å². The molecular weight excluding hydrogens is 434 g/mol. The van der Waals surface area contributed by atoms with Gasteiger partial charge in [0.15, 0.2) is 0 Å². The highest BCUT2D eigenvalue weighted by molar-refractivity contribution is 7.18. The monoisotopic (exact) mass is 453 g/mol. The van der Waals surface area contributed by atoms with Crippen LogP contribution < -0.4 is 10.6 Å². The molecule has 2 N–H and O–H groups in total. The number of hydrogen-bond donors (Lipinski definition) is 2. The Hall–Kier alpha value is -4.05. The number of ether oxygens (including phenoxy) is 1. The summed E-state index contributed by atoms with van der Waals surface area (Å²) < 4.78 is 4.82. The van der Waals surface area contributed by atoms with Gasteiger partial charge in [-0.2, -0.15) is 0 Å². The predicted octanol–water partition coefficient (Wildman–Crippen LogP) is 4.18. The fourth-order valence-electron chi connectivity index (χ4n) is 3.00. The van der Waals surface area contributed by atoms with Crippen LogP contribution in [0, 0.1) is 17.0 Å². The number of hydrogen-bond acceptors (Lipinski definition) is 7. The number of amides is 2. The first-order valence-electron chi connectivity index (χ1n) is 9.41. The Kier molecular flexibility index (Phi) is 6.96. The number of thiophene rings is 1. The fraction of sp³-hybridized carbons (Fsp3) is 0.136. The molecule has 0 bridgehead atoms. The zero-order valence-corrected chi connectivity index (χ0v) is 18.0. The molecule has 0 aliphatic carbocycles. The Morgan fingerprint density at radius 1 is 1.06 bits per heavy atom. The highest BCUT2D eigenvalue weighted by Gasteiger charge is 2.26. The normalized spacial score (nSPS) is 10.3. The lowest BCUT2D eigenvalue weighted by atomic mass is 10.1. The van der Waals surface area contributed by atoms with Gasteiger partial charge in [-0.1, -0.05) is 36.4 Å². The van der Waals surface area contributed by atoms with Gasteiger partial charge in [0.1, 0.15) is 5.00 Å². The molecule has 3 rings (SSSR count). The zero-order chi connectivity index (χ0) is 23.3. The number of rotatable bonds is 7. The summed E-state index contributed by atoms with van der Waals surface area (Å²) in [5.41, 5.74) is 1.27. The van der Waals surface area contributed by atoms with Gasteiger partial charge in [0.25, 0.3) is 11.6 Å². The van der Waals surface area contributed by atoms with Crippen molar-refractivity contribution in [3.8, 4) is 0 Å². The van der Waals surface area contributed by atoms with E-state index in [-0.39, 0.29) is 39.1 Å². The summed E-state index contributed by atoms with van der Waals surface area (Å²) >= 11 is 0.928. The van der Waals surface area contributed by atoms with Gasteiger partial charge in [-0.25, -0.2) is 4.79 Å². The highest BCUT2D eigenvalue weighted by Crippen LogP contribution is 2.34. The number of non-ortho nitro benzene ring substituents is 1. The van der Waals surface area contributed by atoms with Gasteiger partial charge in [-0.05, 0) is 24.1 Å². The summed E-state index contributed by atoms with van der Waals surface area (Å²) in [6.45, 7) is 1.57. The second-order valence-electron chi connectivity index (χ2n) is 6.72. The molecule has 0 atom stereocenters. The van der Waals surface area contributed by atoms with Crippen LogP contribution in [-0.2, 0) is 16.0 Å². The van der Waals surface area contributed by atoms with E-state index in [9.17, 15) is 24.5 Å². The third kappa shape index (κ3) is 5.16. The van der Waals surface area contributed by atoms with Gasteiger partial charge in [-0.15, -0.1) is 11.3 Å². The fourth-order valence-corrected chi connectivity index (χ4v) is 4.11. The summed E-state index contributed by atoms with van der Waals surface area (Å²) in [7, 11) is 1.21. The van der Waals surface area contributed by atoms with Crippen LogP contribution in [0.25, 0.3) is 0 Å². The average Bonchev–Trinajstić information content (AvgIpc) is 3.09. The minimum atomic E-state index is -0.692. The SMILES string of the molecule is COC(=O)c1c(NC(=O)Cc2ccccc2)sc(C(=O)Nc2cccc([N+](=O)[O-])c2)c1C. The van der Waals surface area contributed by atoms with Crippen molar-refractivity contribution in [2.45, 2.75) is 13.3 Å². The minimum absolute atomic E-state index is 0.0862. The van der Waals surface area contributed by atoms with E-state index in [1.165, 1.54) is 31.4 Å². The van der Waals surface area contributed by atoms with Gasteiger partial charge < -0.3 is 15.4 Å². The van der Waals surface area contributed by atoms with Crippen LogP contribution in [0.4, 0.5) is 16.4 Å². The number of benzene rings is 2. The topological polar surface area (TPSA) is 128 Å². The molecule has 0 saturated heterocycles. The molecule has 1 aromatic heterocycles. The molecule has 10 heteroatoms. The van der Waals surface area contributed by atoms with Crippen LogP contribution in [-0.4, -0.2) is 29.8 Å². The number of esters is 1. The van der Waals surface area contributed by atoms with E-state index in [1.54, 1.807) is 19.1 Å². The minimum Gasteiger partial charge on any atom is -0.465 e. The number of carbonyl (C=O) groups is 3. The summed E-state index contributed by atoms with van der Waals surface area (Å²) in [4.78, 5) is 48.2. The van der Waals surface area contributed by atoms with E-state index in [2.05, 4.69) is 10.6 Å². The Morgan fingerprint density at radius 3 is 2.44 bits per heavy atom. The predicted molar refractivity (Wildman–Crippen MR) is 120 cm³/mol. The van der Waals surface area contributed by atoms with Crippen molar-refractivity contribution in [1.29, 1.82) is 0 Å². The molecule has 0 fully saturated rings. The standard InChI is InChI=1S/C22H19N3O6S/c1-13-18(22(28)31-2)21(24-17(26)11-14-7-4-3-5-8-14)32-19(13)20(27)23-15-9-6-10-16(12-15)25(29)30/h3-10,12H,11H2,1-2H3,(H,23,27)(H,24,26). The zero-order valence-electron chi connectivity index (χ0n) is 17.2. The van der Waals surface area contributed by atoms with E-state index in [1.807, 2.05) is 18.2 Å². The van der Waals surface area contributed by atoms with Crippen LogP contribution in [0.1, 0.15) is 31.2 Å². The molecule has 2 aromatic carbocycles. The van der Waals surface area contributed by atoms with E-state index >= 15 is 0 Å². The van der Waals surface area contributed by atoms with Gasteiger partial charge >= 0.3 is 5.97 Å². The van der Waals surface area contributed by atoms with Crippen LogP contribution >= 0.6 is 11.3 Å². The molecule has 2 amide bonds. The Labute approximate surface area is 187 Å². The molecule has 0 saturated carbocycles. The van der Waals surface area contributed by atoms with E-state index in [0.717, 1.165) is 16.9 Å². The van der Waals surface area contributed by atoms with Crippen molar-refractivity contribution >= 4 is 45.5 Å². The maximum Gasteiger partial charge on any atom is 0.341 e. The lowest BCUT2D eigenvalue weighted by molar-refractivity contribution is -0.384. The van der Waals surface area contributed by atoms with Gasteiger partial charge in [0.05, 0.1) is 28.9 Å². The van der Waals surface area contributed by atoms with Crippen LogP contribution in [0.2, 0.25) is 0 Å². The van der Waals surface area contributed by atoms with Crippen molar-refractivity contribution in [1.82, 2.24) is 0 Å². The second kappa shape index (κ2) is 9.84. The van der Waals surface area contributed by atoms with Gasteiger partial charge in [0.2, 0.25) is 5.91 Å².